The maximum Gasteiger partial charge on any atom is 0.256 e. The molecule has 0 N–H and O–H groups in total. The Bertz CT molecular complexity index is 1000. The van der Waals surface area contributed by atoms with Gasteiger partial charge in [-0.2, -0.15) is 0 Å². The summed E-state index contributed by atoms with van der Waals surface area (Å²) in [5, 5.41) is 1.37. The molecule has 1 aliphatic heterocycles. The summed E-state index contributed by atoms with van der Waals surface area (Å²) in [6.45, 7) is 1.50. The SMILES string of the molecule is O=C(c1cnc(Oc2ccc(F)c(F)c2)c2ccccc12)N1CCCCC1. The van der Waals surface area contributed by atoms with Crippen LogP contribution in [0.5, 0.6) is 11.6 Å². The van der Waals surface area contributed by atoms with Crippen molar-refractivity contribution in [2.75, 3.05) is 13.1 Å². The third-order valence-corrected chi connectivity index (χ3v) is 4.74. The first-order chi connectivity index (χ1) is 13.1. The van der Waals surface area contributed by atoms with Crippen molar-refractivity contribution in [2.45, 2.75) is 19.3 Å². The molecular formula is C21H18F2N2O2. The Morgan fingerprint density at radius 2 is 1.70 bits per heavy atom. The van der Waals surface area contributed by atoms with Crippen LogP contribution in [0.1, 0.15) is 29.6 Å². The minimum atomic E-state index is -0.992. The first-order valence-electron chi connectivity index (χ1n) is 8.93. The molecule has 138 valence electrons. The van der Waals surface area contributed by atoms with E-state index in [4.69, 9.17) is 4.74 Å². The summed E-state index contributed by atoms with van der Waals surface area (Å²) in [4.78, 5) is 19.1. The number of carbonyl (C=O) groups excluding carboxylic acids is 1. The van der Waals surface area contributed by atoms with Crippen LogP contribution < -0.4 is 4.74 Å². The van der Waals surface area contributed by atoms with Gasteiger partial charge in [0, 0.05) is 36.1 Å². The van der Waals surface area contributed by atoms with Crippen molar-refractivity contribution < 1.29 is 18.3 Å². The lowest BCUT2D eigenvalue weighted by atomic mass is 10.0. The van der Waals surface area contributed by atoms with E-state index in [9.17, 15) is 13.6 Å². The minimum absolute atomic E-state index is 0.0437. The van der Waals surface area contributed by atoms with Crippen molar-refractivity contribution in [3.8, 4) is 11.6 Å². The molecule has 2 aromatic carbocycles. The van der Waals surface area contributed by atoms with E-state index >= 15 is 0 Å². The smallest absolute Gasteiger partial charge is 0.256 e. The van der Waals surface area contributed by atoms with Gasteiger partial charge in [-0.05, 0) is 37.5 Å². The summed E-state index contributed by atoms with van der Waals surface area (Å²) < 4.78 is 32.2. The molecule has 4 nitrogen and oxygen atoms in total. The van der Waals surface area contributed by atoms with Crippen LogP contribution in [0, 0.1) is 11.6 Å². The number of ether oxygens (including phenoxy) is 1. The van der Waals surface area contributed by atoms with Crippen LogP contribution in [-0.2, 0) is 0 Å². The van der Waals surface area contributed by atoms with Gasteiger partial charge >= 0.3 is 0 Å². The summed E-state index contributed by atoms with van der Waals surface area (Å²) in [6.07, 6.45) is 4.65. The number of benzene rings is 2. The van der Waals surface area contributed by atoms with E-state index in [1.54, 1.807) is 6.07 Å². The minimum Gasteiger partial charge on any atom is -0.438 e. The first-order valence-corrected chi connectivity index (χ1v) is 8.93. The Morgan fingerprint density at radius 3 is 2.44 bits per heavy atom. The molecule has 1 amide bonds. The van der Waals surface area contributed by atoms with Crippen molar-refractivity contribution in [3.63, 3.8) is 0 Å². The predicted octanol–water partition coefficient (Wildman–Crippen LogP) is 4.93. The zero-order chi connectivity index (χ0) is 18.8. The second kappa shape index (κ2) is 7.31. The number of likely N-dealkylation sites (tertiary alicyclic amines) is 1. The Balaban J connectivity index is 1.71. The van der Waals surface area contributed by atoms with E-state index in [0.29, 0.717) is 10.9 Å². The van der Waals surface area contributed by atoms with Gasteiger partial charge in [-0.1, -0.05) is 18.2 Å². The topological polar surface area (TPSA) is 42.4 Å². The Hall–Kier alpha value is -3.02. The molecule has 1 saturated heterocycles. The number of nitrogens with zero attached hydrogens (tertiary/aromatic N) is 2. The molecule has 27 heavy (non-hydrogen) atoms. The van der Waals surface area contributed by atoms with Gasteiger partial charge in [0.25, 0.3) is 5.91 Å². The van der Waals surface area contributed by atoms with Crippen molar-refractivity contribution in [1.82, 2.24) is 9.88 Å². The highest BCUT2D eigenvalue weighted by molar-refractivity contribution is 6.07. The van der Waals surface area contributed by atoms with Gasteiger partial charge in [0.15, 0.2) is 11.6 Å². The summed E-state index contributed by atoms with van der Waals surface area (Å²) in [7, 11) is 0. The number of piperidine rings is 1. The summed E-state index contributed by atoms with van der Waals surface area (Å²) in [6, 6.07) is 10.6. The lowest BCUT2D eigenvalue weighted by Gasteiger charge is -2.27. The Labute approximate surface area is 155 Å². The molecule has 0 radical (unpaired) electrons. The van der Waals surface area contributed by atoms with Crippen molar-refractivity contribution in [3.05, 3.63) is 65.9 Å². The molecule has 1 fully saturated rings. The normalized spacial score (nSPS) is 14.4. The standard InChI is InChI=1S/C21H18F2N2O2/c22-18-9-8-14(12-19(18)23)27-20-16-7-3-2-6-15(16)17(13-24-20)21(26)25-10-4-1-5-11-25/h2-3,6-9,12-13H,1,4-5,10-11H2. The van der Waals surface area contributed by atoms with Gasteiger partial charge in [-0.3, -0.25) is 4.79 Å². The fourth-order valence-electron chi connectivity index (χ4n) is 3.34. The van der Waals surface area contributed by atoms with Gasteiger partial charge < -0.3 is 9.64 Å². The predicted molar refractivity (Wildman–Crippen MR) is 97.9 cm³/mol. The maximum atomic E-state index is 13.4. The number of rotatable bonds is 3. The van der Waals surface area contributed by atoms with Crippen molar-refractivity contribution >= 4 is 16.7 Å². The molecule has 2 heterocycles. The largest absolute Gasteiger partial charge is 0.438 e. The van der Waals surface area contributed by atoms with Gasteiger partial charge in [0.05, 0.1) is 5.56 Å². The summed E-state index contributed by atoms with van der Waals surface area (Å²) >= 11 is 0. The number of amides is 1. The average molecular weight is 368 g/mol. The Kier molecular flexibility index (Phi) is 4.71. The number of carbonyl (C=O) groups is 1. The molecule has 0 aliphatic carbocycles. The van der Waals surface area contributed by atoms with E-state index in [-0.39, 0.29) is 17.5 Å². The third-order valence-electron chi connectivity index (χ3n) is 4.74. The highest BCUT2D eigenvalue weighted by Gasteiger charge is 2.21. The molecular weight excluding hydrogens is 350 g/mol. The van der Waals surface area contributed by atoms with E-state index in [1.165, 1.54) is 12.3 Å². The van der Waals surface area contributed by atoms with Gasteiger partial charge in [-0.25, -0.2) is 13.8 Å². The molecule has 0 unspecified atom stereocenters. The Morgan fingerprint density at radius 1 is 0.963 bits per heavy atom. The highest BCUT2D eigenvalue weighted by Crippen LogP contribution is 2.31. The number of aromatic nitrogens is 1. The number of pyridine rings is 1. The van der Waals surface area contributed by atoms with Crippen molar-refractivity contribution in [2.24, 2.45) is 0 Å². The molecule has 4 rings (SSSR count). The second-order valence-corrected chi connectivity index (χ2v) is 6.55. The molecule has 0 spiro atoms. The zero-order valence-electron chi connectivity index (χ0n) is 14.6. The van der Waals surface area contributed by atoms with Crippen LogP contribution in [-0.4, -0.2) is 28.9 Å². The van der Waals surface area contributed by atoms with Crippen LogP contribution in [0.15, 0.2) is 48.7 Å². The molecule has 0 atom stereocenters. The maximum absolute atomic E-state index is 13.4. The summed E-state index contributed by atoms with van der Waals surface area (Å²) in [5.41, 5.74) is 0.519. The quantitative estimate of drug-likeness (QED) is 0.658. The van der Waals surface area contributed by atoms with E-state index in [2.05, 4.69) is 4.98 Å². The second-order valence-electron chi connectivity index (χ2n) is 6.55. The van der Waals surface area contributed by atoms with Crippen LogP contribution in [0.4, 0.5) is 8.78 Å². The zero-order valence-corrected chi connectivity index (χ0v) is 14.6. The number of halogens is 2. The molecule has 3 aromatic rings. The van der Waals surface area contributed by atoms with E-state index in [1.807, 2.05) is 23.1 Å². The lowest BCUT2D eigenvalue weighted by molar-refractivity contribution is 0.0726. The fraction of sp³-hybridized carbons (Fsp3) is 0.238. The summed E-state index contributed by atoms with van der Waals surface area (Å²) in [5.74, 6) is -1.59. The highest BCUT2D eigenvalue weighted by atomic mass is 19.2. The molecule has 0 saturated carbocycles. The first kappa shape index (κ1) is 17.4. The van der Waals surface area contributed by atoms with Gasteiger partial charge in [0.2, 0.25) is 5.88 Å². The van der Waals surface area contributed by atoms with Crippen LogP contribution in [0.3, 0.4) is 0 Å². The number of hydrogen-bond donors (Lipinski definition) is 0. The third kappa shape index (κ3) is 3.47. The molecule has 6 heteroatoms. The lowest BCUT2D eigenvalue weighted by Crippen LogP contribution is -2.35. The van der Waals surface area contributed by atoms with Crippen LogP contribution in [0.2, 0.25) is 0 Å². The average Bonchev–Trinajstić information content (AvgIpc) is 2.71. The van der Waals surface area contributed by atoms with Gasteiger partial charge in [-0.15, -0.1) is 0 Å². The van der Waals surface area contributed by atoms with E-state index < -0.39 is 11.6 Å². The molecule has 0 bridgehead atoms. The fourth-order valence-corrected chi connectivity index (χ4v) is 3.34. The van der Waals surface area contributed by atoms with Crippen LogP contribution >= 0.6 is 0 Å². The molecule has 1 aliphatic rings. The van der Waals surface area contributed by atoms with E-state index in [0.717, 1.165) is 49.9 Å². The monoisotopic (exact) mass is 368 g/mol. The number of fused-ring (bicyclic) bond motifs is 1. The molecule has 1 aromatic heterocycles. The van der Waals surface area contributed by atoms with Gasteiger partial charge in [0.1, 0.15) is 5.75 Å². The number of hydrogen-bond acceptors (Lipinski definition) is 3. The van der Waals surface area contributed by atoms with Crippen LogP contribution in [0.25, 0.3) is 10.8 Å². The van der Waals surface area contributed by atoms with Crippen molar-refractivity contribution in [1.29, 1.82) is 0 Å².